The molecule has 9 heteroatoms. The lowest BCUT2D eigenvalue weighted by molar-refractivity contribution is -0.113. The highest BCUT2D eigenvalue weighted by Gasteiger charge is 2.22. The van der Waals surface area contributed by atoms with Crippen molar-refractivity contribution in [3.63, 3.8) is 0 Å². The maximum absolute atomic E-state index is 13.3. The van der Waals surface area contributed by atoms with Crippen molar-refractivity contribution in [1.82, 2.24) is 14.5 Å². The Morgan fingerprint density at radius 2 is 1.91 bits per heavy atom. The molecule has 1 N–H and O–H groups in total. The summed E-state index contributed by atoms with van der Waals surface area (Å²) in [6.45, 7) is 11.1. The summed E-state index contributed by atoms with van der Waals surface area (Å²) in [5.41, 5.74) is 2.43. The molecule has 0 aliphatic carbocycles. The number of amides is 1. The Hall–Kier alpha value is -2.39. The summed E-state index contributed by atoms with van der Waals surface area (Å²) in [6, 6.07) is 7.91. The molecule has 1 amide bonds. The van der Waals surface area contributed by atoms with E-state index in [-0.39, 0.29) is 17.2 Å². The summed E-state index contributed by atoms with van der Waals surface area (Å²) in [5.74, 6) is 1.23. The van der Waals surface area contributed by atoms with Gasteiger partial charge in [-0.25, -0.2) is 4.98 Å². The SMILES string of the molecule is CCCn1c(SCC(=O)Nc2ccc(C(C)C)cc2)nc2nc(N3CCC(C)CC3)sc2c1=O. The third-order valence-corrected chi connectivity index (χ3v) is 8.23. The van der Waals surface area contributed by atoms with Gasteiger partial charge in [0, 0.05) is 25.3 Å². The largest absolute Gasteiger partial charge is 0.348 e. The minimum Gasteiger partial charge on any atom is -0.348 e. The molecular formula is C25H33N5O2S2. The monoisotopic (exact) mass is 499 g/mol. The van der Waals surface area contributed by atoms with Gasteiger partial charge < -0.3 is 10.2 Å². The van der Waals surface area contributed by atoms with E-state index < -0.39 is 0 Å². The Morgan fingerprint density at radius 1 is 1.21 bits per heavy atom. The lowest BCUT2D eigenvalue weighted by Crippen LogP contribution is -2.32. The summed E-state index contributed by atoms with van der Waals surface area (Å²) in [5, 5.41) is 4.36. The predicted octanol–water partition coefficient (Wildman–Crippen LogP) is 5.35. The number of carbonyl (C=O) groups excluding carboxylic acids is 1. The Morgan fingerprint density at radius 3 is 2.56 bits per heavy atom. The van der Waals surface area contributed by atoms with Gasteiger partial charge >= 0.3 is 0 Å². The molecule has 7 nitrogen and oxygen atoms in total. The quantitative estimate of drug-likeness (QED) is 0.332. The maximum atomic E-state index is 13.3. The molecule has 3 heterocycles. The predicted molar refractivity (Wildman–Crippen MR) is 142 cm³/mol. The van der Waals surface area contributed by atoms with Crippen LogP contribution in [0.4, 0.5) is 10.8 Å². The van der Waals surface area contributed by atoms with Gasteiger partial charge in [-0.1, -0.05) is 62.9 Å². The van der Waals surface area contributed by atoms with E-state index in [1.165, 1.54) is 28.7 Å². The van der Waals surface area contributed by atoms with Crippen LogP contribution in [0.25, 0.3) is 10.3 Å². The molecule has 1 aromatic carbocycles. The summed E-state index contributed by atoms with van der Waals surface area (Å²) in [4.78, 5) is 37.5. The first kappa shape index (κ1) is 24.7. The molecule has 0 bridgehead atoms. The molecule has 0 saturated carbocycles. The van der Waals surface area contributed by atoms with E-state index in [0.29, 0.717) is 28.0 Å². The van der Waals surface area contributed by atoms with E-state index in [0.717, 1.165) is 49.1 Å². The molecule has 182 valence electrons. The van der Waals surface area contributed by atoms with Crippen LogP contribution in [0, 0.1) is 5.92 Å². The maximum Gasteiger partial charge on any atom is 0.273 e. The second-order valence-corrected chi connectivity index (χ2v) is 11.2. The fourth-order valence-corrected chi connectivity index (χ4v) is 5.84. The number of thioether (sulfide) groups is 1. The molecule has 0 atom stereocenters. The van der Waals surface area contributed by atoms with Gasteiger partial charge in [0.2, 0.25) is 5.91 Å². The first-order valence-electron chi connectivity index (χ1n) is 12.0. The molecule has 1 aliphatic heterocycles. The van der Waals surface area contributed by atoms with Gasteiger partial charge in [0.25, 0.3) is 5.56 Å². The average molecular weight is 500 g/mol. The molecule has 4 rings (SSSR count). The van der Waals surface area contributed by atoms with Gasteiger partial charge in [0.15, 0.2) is 15.9 Å². The summed E-state index contributed by atoms with van der Waals surface area (Å²) >= 11 is 2.73. The number of nitrogens with one attached hydrogen (secondary N) is 1. The van der Waals surface area contributed by atoms with Crippen molar-refractivity contribution >= 4 is 50.2 Å². The Labute approximate surface area is 209 Å². The number of hydrogen-bond donors (Lipinski definition) is 1. The molecule has 34 heavy (non-hydrogen) atoms. The van der Waals surface area contributed by atoms with Crippen molar-refractivity contribution in [1.29, 1.82) is 0 Å². The van der Waals surface area contributed by atoms with Crippen LogP contribution in [0.3, 0.4) is 0 Å². The number of thiazole rings is 1. The van der Waals surface area contributed by atoms with Crippen molar-refractivity contribution in [3.05, 3.63) is 40.2 Å². The summed E-state index contributed by atoms with van der Waals surface area (Å²) in [6.07, 6.45) is 3.09. The van der Waals surface area contributed by atoms with Crippen LogP contribution in [-0.2, 0) is 11.3 Å². The van der Waals surface area contributed by atoms with Crippen molar-refractivity contribution in [2.24, 2.45) is 5.92 Å². The number of aromatic nitrogens is 3. The third kappa shape index (κ3) is 5.63. The molecular weight excluding hydrogens is 466 g/mol. The number of nitrogens with zero attached hydrogens (tertiary/aromatic N) is 4. The van der Waals surface area contributed by atoms with E-state index in [2.05, 4.69) is 31.0 Å². The normalized spacial score (nSPS) is 14.8. The fourth-order valence-electron chi connectivity index (χ4n) is 4.02. The average Bonchev–Trinajstić information content (AvgIpc) is 3.25. The van der Waals surface area contributed by atoms with Crippen LogP contribution >= 0.6 is 23.1 Å². The highest BCUT2D eigenvalue weighted by Crippen LogP contribution is 2.30. The molecule has 0 spiro atoms. The van der Waals surface area contributed by atoms with Crippen LogP contribution in [0.5, 0.6) is 0 Å². The molecule has 1 aliphatic rings. The number of carbonyl (C=O) groups is 1. The minimum absolute atomic E-state index is 0.0619. The highest BCUT2D eigenvalue weighted by molar-refractivity contribution is 7.99. The number of piperidine rings is 1. The Balaban J connectivity index is 1.50. The number of rotatable bonds is 8. The van der Waals surface area contributed by atoms with E-state index in [1.807, 2.05) is 31.2 Å². The molecule has 1 fully saturated rings. The van der Waals surface area contributed by atoms with E-state index >= 15 is 0 Å². The van der Waals surface area contributed by atoms with Crippen LogP contribution in [0.2, 0.25) is 0 Å². The number of fused-ring (bicyclic) bond motifs is 1. The number of hydrogen-bond acceptors (Lipinski definition) is 7. The van der Waals surface area contributed by atoms with Gasteiger partial charge in [0.1, 0.15) is 4.70 Å². The van der Waals surface area contributed by atoms with Crippen molar-refractivity contribution in [2.75, 3.05) is 29.1 Å². The van der Waals surface area contributed by atoms with E-state index in [1.54, 1.807) is 4.57 Å². The first-order chi connectivity index (χ1) is 16.4. The van der Waals surface area contributed by atoms with Crippen LogP contribution in [0.15, 0.2) is 34.2 Å². The van der Waals surface area contributed by atoms with E-state index in [9.17, 15) is 9.59 Å². The summed E-state index contributed by atoms with van der Waals surface area (Å²) in [7, 11) is 0. The summed E-state index contributed by atoms with van der Waals surface area (Å²) < 4.78 is 2.29. The lowest BCUT2D eigenvalue weighted by atomic mass is 10.00. The third-order valence-electron chi connectivity index (χ3n) is 6.16. The molecule has 0 radical (unpaired) electrons. The van der Waals surface area contributed by atoms with Crippen molar-refractivity contribution in [2.45, 2.75) is 64.6 Å². The zero-order valence-corrected chi connectivity index (χ0v) is 22.0. The first-order valence-corrected chi connectivity index (χ1v) is 13.8. The van der Waals surface area contributed by atoms with Gasteiger partial charge in [0.05, 0.1) is 5.75 Å². The van der Waals surface area contributed by atoms with Crippen molar-refractivity contribution in [3.8, 4) is 0 Å². The molecule has 2 aromatic heterocycles. The molecule has 1 saturated heterocycles. The zero-order chi connectivity index (χ0) is 24.2. The van der Waals surface area contributed by atoms with Gasteiger partial charge in [-0.3, -0.25) is 14.2 Å². The zero-order valence-electron chi connectivity index (χ0n) is 20.3. The van der Waals surface area contributed by atoms with Gasteiger partial charge in [-0.15, -0.1) is 0 Å². The minimum atomic E-state index is -0.124. The standard InChI is InChI=1S/C25H33N5O2S2/c1-5-12-30-23(32)21-22(27-24(34-21)29-13-10-17(4)11-14-29)28-25(30)33-15-20(31)26-19-8-6-18(7-9-19)16(2)3/h6-9,16-17H,5,10-15H2,1-4H3,(H,26,31). The van der Waals surface area contributed by atoms with Crippen LogP contribution < -0.4 is 15.8 Å². The molecule has 0 unspecified atom stereocenters. The van der Waals surface area contributed by atoms with Crippen LogP contribution in [-0.4, -0.2) is 39.3 Å². The number of anilines is 2. The fraction of sp³-hybridized carbons (Fsp3) is 0.520. The van der Waals surface area contributed by atoms with E-state index in [4.69, 9.17) is 9.97 Å². The second-order valence-electron chi connectivity index (χ2n) is 9.28. The Kier molecular flexibility index (Phi) is 7.93. The van der Waals surface area contributed by atoms with Gasteiger partial charge in [-0.2, -0.15) is 4.98 Å². The Bertz CT molecular complexity index is 1190. The van der Waals surface area contributed by atoms with Gasteiger partial charge in [-0.05, 0) is 48.8 Å². The smallest absolute Gasteiger partial charge is 0.273 e. The topological polar surface area (TPSA) is 80.1 Å². The van der Waals surface area contributed by atoms with Crippen molar-refractivity contribution < 1.29 is 4.79 Å². The number of benzene rings is 1. The lowest BCUT2D eigenvalue weighted by Gasteiger charge is -2.29. The molecule has 3 aromatic rings. The second kappa shape index (κ2) is 10.9. The highest BCUT2D eigenvalue weighted by atomic mass is 32.2. The van der Waals surface area contributed by atoms with Crippen LogP contribution in [0.1, 0.15) is 58.4 Å².